The number of nitriles is 1. The number of hydrogen-bond acceptors (Lipinski definition) is 3. The molecule has 1 saturated carbocycles. The molecular weight excluding hydrogens is 296 g/mol. The van der Waals surface area contributed by atoms with Crippen LogP contribution in [0.15, 0.2) is 23.1 Å². The molecule has 3 unspecified atom stereocenters. The van der Waals surface area contributed by atoms with Crippen LogP contribution in [0.2, 0.25) is 0 Å². The summed E-state index contributed by atoms with van der Waals surface area (Å²) in [5, 5.41) is 8.34. The predicted molar refractivity (Wildman–Crippen MR) is 74.1 cm³/mol. The van der Waals surface area contributed by atoms with E-state index in [9.17, 15) is 22.5 Å². The van der Waals surface area contributed by atoms with Crippen LogP contribution in [0.5, 0.6) is 0 Å². The Balaban J connectivity index is 2.40. The first kappa shape index (κ1) is 15.9. The van der Waals surface area contributed by atoms with Crippen molar-refractivity contribution in [3.05, 3.63) is 29.8 Å². The van der Waals surface area contributed by atoms with E-state index in [2.05, 4.69) is 6.07 Å². The molecule has 0 bridgehead atoms. The maximum atomic E-state index is 13.3. The molecule has 0 aromatic heterocycles. The summed E-state index contributed by atoms with van der Waals surface area (Å²) in [6.07, 6.45) is 2.61. The van der Waals surface area contributed by atoms with Gasteiger partial charge in [0.1, 0.15) is 0 Å². The minimum absolute atomic E-state index is 0.247. The van der Waals surface area contributed by atoms with Crippen molar-refractivity contribution in [3.8, 4) is 6.07 Å². The standard InChI is InChI=1S/C15H17F2NO2S/c1-2-10-3-4-11(9-18)15(7-10)21(19,20)12-5-6-13(16)14(17)8-12/h5-6,8,10-11,15H,2-4,7H2,1H3. The molecular formula is C15H17F2NO2S. The number of hydrogen-bond donors (Lipinski definition) is 0. The summed E-state index contributed by atoms with van der Waals surface area (Å²) in [6.45, 7) is 1.98. The van der Waals surface area contributed by atoms with Gasteiger partial charge in [-0.3, -0.25) is 0 Å². The van der Waals surface area contributed by atoms with Gasteiger partial charge in [0.2, 0.25) is 0 Å². The van der Waals surface area contributed by atoms with E-state index in [0.717, 1.165) is 25.0 Å². The van der Waals surface area contributed by atoms with Crippen molar-refractivity contribution >= 4 is 9.84 Å². The molecule has 3 atom stereocenters. The van der Waals surface area contributed by atoms with E-state index in [4.69, 9.17) is 0 Å². The van der Waals surface area contributed by atoms with Crippen LogP contribution in [0.3, 0.4) is 0 Å². The largest absolute Gasteiger partial charge is 0.223 e. The van der Waals surface area contributed by atoms with Gasteiger partial charge in [0.25, 0.3) is 0 Å². The predicted octanol–water partition coefficient (Wildman–Crippen LogP) is 3.46. The van der Waals surface area contributed by atoms with Crippen LogP contribution in [0, 0.1) is 34.8 Å². The molecule has 0 heterocycles. The van der Waals surface area contributed by atoms with Crippen LogP contribution in [0.25, 0.3) is 0 Å². The summed E-state index contributed by atoms with van der Waals surface area (Å²) in [5.41, 5.74) is 0. The molecule has 0 N–H and O–H groups in total. The van der Waals surface area contributed by atoms with Crippen LogP contribution in [-0.2, 0) is 9.84 Å². The van der Waals surface area contributed by atoms with Gasteiger partial charge in [-0.25, -0.2) is 17.2 Å². The number of halogens is 2. The maximum absolute atomic E-state index is 13.3. The number of sulfone groups is 1. The van der Waals surface area contributed by atoms with Gasteiger partial charge in [-0.1, -0.05) is 13.3 Å². The molecule has 2 rings (SSSR count). The van der Waals surface area contributed by atoms with Crippen LogP contribution in [0.1, 0.15) is 32.6 Å². The highest BCUT2D eigenvalue weighted by molar-refractivity contribution is 7.92. The third-order valence-electron chi connectivity index (χ3n) is 4.26. The molecule has 0 spiro atoms. The second-order valence-corrected chi connectivity index (χ2v) is 7.65. The van der Waals surface area contributed by atoms with E-state index in [-0.39, 0.29) is 10.8 Å². The van der Waals surface area contributed by atoms with E-state index in [1.807, 2.05) is 6.92 Å². The van der Waals surface area contributed by atoms with Crippen LogP contribution in [0.4, 0.5) is 8.78 Å². The lowest BCUT2D eigenvalue weighted by Crippen LogP contribution is -2.35. The number of nitrogens with zero attached hydrogens (tertiary/aromatic N) is 1. The Morgan fingerprint density at radius 1 is 1.29 bits per heavy atom. The summed E-state index contributed by atoms with van der Waals surface area (Å²) in [6, 6.07) is 4.63. The minimum atomic E-state index is -3.83. The first-order chi connectivity index (χ1) is 9.90. The smallest absolute Gasteiger partial charge is 0.182 e. The molecule has 1 aliphatic rings. The number of benzene rings is 1. The Labute approximate surface area is 123 Å². The van der Waals surface area contributed by atoms with Crippen molar-refractivity contribution < 1.29 is 17.2 Å². The Bertz CT molecular complexity index is 667. The van der Waals surface area contributed by atoms with Crippen LogP contribution < -0.4 is 0 Å². The molecule has 1 aromatic carbocycles. The molecule has 0 radical (unpaired) electrons. The van der Waals surface area contributed by atoms with Gasteiger partial charge in [-0.05, 0) is 43.4 Å². The molecule has 1 fully saturated rings. The number of rotatable bonds is 3. The molecule has 1 aliphatic carbocycles. The molecule has 3 nitrogen and oxygen atoms in total. The third-order valence-corrected chi connectivity index (χ3v) is 6.49. The molecule has 1 aromatic rings. The monoisotopic (exact) mass is 313 g/mol. The lowest BCUT2D eigenvalue weighted by Gasteiger charge is -2.31. The molecule has 21 heavy (non-hydrogen) atoms. The third kappa shape index (κ3) is 3.08. The van der Waals surface area contributed by atoms with E-state index < -0.39 is 32.6 Å². The lowest BCUT2D eigenvalue weighted by atomic mass is 9.81. The van der Waals surface area contributed by atoms with Crippen molar-refractivity contribution in [2.24, 2.45) is 11.8 Å². The lowest BCUT2D eigenvalue weighted by molar-refractivity contribution is 0.308. The Kier molecular flexibility index (Phi) is 4.62. The first-order valence-electron chi connectivity index (χ1n) is 6.98. The second kappa shape index (κ2) is 6.10. The van der Waals surface area contributed by atoms with E-state index in [0.29, 0.717) is 18.9 Å². The van der Waals surface area contributed by atoms with Gasteiger partial charge in [0.15, 0.2) is 21.5 Å². The molecule has 6 heteroatoms. The van der Waals surface area contributed by atoms with Gasteiger partial charge >= 0.3 is 0 Å². The van der Waals surface area contributed by atoms with Crippen molar-refractivity contribution in [1.82, 2.24) is 0 Å². The minimum Gasteiger partial charge on any atom is -0.223 e. The highest BCUT2D eigenvalue weighted by Crippen LogP contribution is 2.37. The zero-order valence-electron chi connectivity index (χ0n) is 11.7. The van der Waals surface area contributed by atoms with E-state index in [1.165, 1.54) is 0 Å². The fraction of sp³-hybridized carbons (Fsp3) is 0.533. The fourth-order valence-electron chi connectivity index (χ4n) is 2.90. The zero-order valence-corrected chi connectivity index (χ0v) is 12.5. The van der Waals surface area contributed by atoms with Crippen molar-refractivity contribution in [2.75, 3.05) is 0 Å². The van der Waals surface area contributed by atoms with Gasteiger partial charge in [-0.15, -0.1) is 0 Å². The SMILES string of the molecule is CCC1CCC(C#N)C(S(=O)(=O)c2ccc(F)c(F)c2)C1. The van der Waals surface area contributed by atoms with Gasteiger partial charge in [-0.2, -0.15) is 5.26 Å². The Morgan fingerprint density at radius 2 is 2.00 bits per heavy atom. The summed E-state index contributed by atoms with van der Waals surface area (Å²) >= 11 is 0. The maximum Gasteiger partial charge on any atom is 0.182 e. The quantitative estimate of drug-likeness (QED) is 0.803. The summed E-state index contributed by atoms with van der Waals surface area (Å²) < 4.78 is 51.5. The zero-order chi connectivity index (χ0) is 15.6. The van der Waals surface area contributed by atoms with Crippen molar-refractivity contribution in [2.45, 2.75) is 42.8 Å². The highest BCUT2D eigenvalue weighted by atomic mass is 32.2. The van der Waals surface area contributed by atoms with Gasteiger partial charge in [0, 0.05) is 0 Å². The van der Waals surface area contributed by atoms with Crippen LogP contribution >= 0.6 is 0 Å². The highest BCUT2D eigenvalue weighted by Gasteiger charge is 2.39. The average Bonchev–Trinajstić information content (AvgIpc) is 2.49. The Hall–Kier alpha value is -1.48. The van der Waals surface area contributed by atoms with E-state index in [1.54, 1.807) is 0 Å². The van der Waals surface area contributed by atoms with Crippen molar-refractivity contribution in [3.63, 3.8) is 0 Å². The summed E-state index contributed by atoms with van der Waals surface area (Å²) in [7, 11) is -3.83. The second-order valence-electron chi connectivity index (χ2n) is 5.48. The fourth-order valence-corrected chi connectivity index (χ4v) is 4.93. The van der Waals surface area contributed by atoms with Crippen molar-refractivity contribution in [1.29, 1.82) is 5.26 Å². The molecule has 0 amide bonds. The summed E-state index contributed by atoms with van der Waals surface area (Å²) in [4.78, 5) is -0.247. The van der Waals surface area contributed by atoms with Crippen LogP contribution in [-0.4, -0.2) is 13.7 Å². The summed E-state index contributed by atoms with van der Waals surface area (Å²) in [5.74, 6) is -2.61. The normalized spacial score (nSPS) is 26.3. The molecule has 0 aliphatic heterocycles. The Morgan fingerprint density at radius 3 is 2.57 bits per heavy atom. The topological polar surface area (TPSA) is 57.9 Å². The van der Waals surface area contributed by atoms with E-state index >= 15 is 0 Å². The first-order valence-corrected chi connectivity index (χ1v) is 8.53. The molecule has 114 valence electrons. The van der Waals surface area contributed by atoms with Gasteiger partial charge < -0.3 is 0 Å². The average molecular weight is 313 g/mol. The van der Waals surface area contributed by atoms with Gasteiger partial charge in [0.05, 0.1) is 22.1 Å². The molecule has 0 saturated heterocycles.